The number of hydrogen-bond donors (Lipinski definition) is 0. The first-order chi connectivity index (χ1) is 8.56. The standard InChI is InChI=1S/C13H14F2N2S/c1-9-16-6-11(18-9)8-17(2)7-10-4-3-5-12(14)13(10)15/h3-6H,7-8H2,1-2H3. The summed E-state index contributed by atoms with van der Waals surface area (Å²) in [6.45, 7) is 3.00. The van der Waals surface area contributed by atoms with Gasteiger partial charge in [-0.2, -0.15) is 0 Å². The molecule has 2 rings (SSSR count). The molecule has 0 saturated carbocycles. The lowest BCUT2D eigenvalue weighted by Crippen LogP contribution is -2.17. The Balaban J connectivity index is 2.03. The number of hydrogen-bond acceptors (Lipinski definition) is 3. The van der Waals surface area contributed by atoms with Crippen molar-refractivity contribution in [1.82, 2.24) is 9.88 Å². The molecule has 0 aliphatic rings. The molecule has 5 heteroatoms. The fourth-order valence-corrected chi connectivity index (χ4v) is 2.64. The van der Waals surface area contributed by atoms with Crippen molar-refractivity contribution in [2.24, 2.45) is 0 Å². The molecule has 1 aromatic heterocycles. The van der Waals surface area contributed by atoms with Crippen LogP contribution in [0.3, 0.4) is 0 Å². The molecule has 0 bridgehead atoms. The lowest BCUT2D eigenvalue weighted by molar-refractivity contribution is 0.313. The van der Waals surface area contributed by atoms with Crippen LogP contribution >= 0.6 is 11.3 Å². The molecule has 0 aliphatic heterocycles. The fourth-order valence-electron chi connectivity index (χ4n) is 1.76. The van der Waals surface area contributed by atoms with E-state index in [1.165, 1.54) is 6.07 Å². The van der Waals surface area contributed by atoms with Crippen LogP contribution in [0.15, 0.2) is 24.4 Å². The van der Waals surface area contributed by atoms with E-state index < -0.39 is 11.6 Å². The summed E-state index contributed by atoms with van der Waals surface area (Å²) in [4.78, 5) is 7.22. The maximum atomic E-state index is 13.5. The highest BCUT2D eigenvalue weighted by molar-refractivity contribution is 7.11. The van der Waals surface area contributed by atoms with Crippen LogP contribution < -0.4 is 0 Å². The average molecular weight is 268 g/mol. The molecule has 1 aromatic carbocycles. The van der Waals surface area contributed by atoms with Crippen LogP contribution in [-0.2, 0) is 13.1 Å². The van der Waals surface area contributed by atoms with Gasteiger partial charge in [0.15, 0.2) is 11.6 Å². The average Bonchev–Trinajstić information content (AvgIpc) is 2.70. The van der Waals surface area contributed by atoms with Gasteiger partial charge in [-0.1, -0.05) is 12.1 Å². The molecule has 96 valence electrons. The van der Waals surface area contributed by atoms with E-state index in [2.05, 4.69) is 4.98 Å². The van der Waals surface area contributed by atoms with Gasteiger partial charge in [0.25, 0.3) is 0 Å². The molecule has 1 heterocycles. The third-order valence-electron chi connectivity index (χ3n) is 2.57. The third-order valence-corrected chi connectivity index (χ3v) is 3.46. The highest BCUT2D eigenvalue weighted by Gasteiger charge is 2.10. The fraction of sp³-hybridized carbons (Fsp3) is 0.308. The molecule has 0 N–H and O–H groups in total. The summed E-state index contributed by atoms with van der Waals surface area (Å²) in [5.41, 5.74) is 0.374. The van der Waals surface area contributed by atoms with Crippen LogP contribution in [0.1, 0.15) is 15.4 Å². The molecule has 2 nitrogen and oxygen atoms in total. The van der Waals surface area contributed by atoms with Crippen LogP contribution in [0, 0.1) is 18.6 Å². The van der Waals surface area contributed by atoms with Crippen molar-refractivity contribution in [3.05, 3.63) is 51.5 Å². The lowest BCUT2D eigenvalue weighted by Gasteiger charge is -2.15. The van der Waals surface area contributed by atoms with Crippen LogP contribution in [0.2, 0.25) is 0 Å². The molecule has 0 saturated heterocycles. The smallest absolute Gasteiger partial charge is 0.163 e. The first-order valence-corrected chi connectivity index (χ1v) is 6.40. The number of benzene rings is 1. The van der Waals surface area contributed by atoms with Crippen molar-refractivity contribution >= 4 is 11.3 Å². The van der Waals surface area contributed by atoms with Gasteiger partial charge in [0.05, 0.1) is 5.01 Å². The molecular formula is C13H14F2N2S. The summed E-state index contributed by atoms with van der Waals surface area (Å²) in [5.74, 6) is -1.56. The zero-order valence-electron chi connectivity index (χ0n) is 10.3. The molecule has 0 radical (unpaired) electrons. The summed E-state index contributed by atoms with van der Waals surface area (Å²) >= 11 is 1.61. The van der Waals surface area contributed by atoms with Crippen molar-refractivity contribution in [3.8, 4) is 0 Å². The molecule has 0 spiro atoms. The predicted octanol–water partition coefficient (Wildman–Crippen LogP) is 3.36. The topological polar surface area (TPSA) is 16.1 Å². The van der Waals surface area contributed by atoms with E-state index in [0.29, 0.717) is 18.7 Å². The zero-order chi connectivity index (χ0) is 13.1. The van der Waals surface area contributed by atoms with Crippen molar-refractivity contribution in [3.63, 3.8) is 0 Å². The Labute approximate surface area is 109 Å². The summed E-state index contributed by atoms with van der Waals surface area (Å²) in [5, 5.41) is 1.01. The Bertz CT molecular complexity index is 540. The van der Waals surface area contributed by atoms with Crippen molar-refractivity contribution in [2.75, 3.05) is 7.05 Å². The van der Waals surface area contributed by atoms with Gasteiger partial charge in [-0.05, 0) is 20.0 Å². The summed E-state index contributed by atoms with van der Waals surface area (Å²) in [7, 11) is 1.87. The second-order valence-corrected chi connectivity index (χ2v) is 5.55. The van der Waals surface area contributed by atoms with E-state index >= 15 is 0 Å². The van der Waals surface area contributed by atoms with Gasteiger partial charge in [-0.25, -0.2) is 13.8 Å². The molecule has 0 fully saturated rings. The summed E-state index contributed by atoms with van der Waals surface area (Å²) in [6.07, 6.45) is 1.82. The molecule has 0 amide bonds. The number of rotatable bonds is 4. The molecule has 0 atom stereocenters. The first kappa shape index (κ1) is 13.1. The zero-order valence-corrected chi connectivity index (χ0v) is 11.1. The quantitative estimate of drug-likeness (QED) is 0.845. The maximum Gasteiger partial charge on any atom is 0.163 e. The number of thiazole rings is 1. The normalized spacial score (nSPS) is 11.2. The minimum atomic E-state index is -0.797. The van der Waals surface area contributed by atoms with Crippen molar-refractivity contribution < 1.29 is 8.78 Å². The molecular weight excluding hydrogens is 254 g/mol. The Morgan fingerprint density at radius 1 is 1.28 bits per heavy atom. The minimum absolute atomic E-state index is 0.374. The number of aromatic nitrogens is 1. The van der Waals surface area contributed by atoms with E-state index in [1.807, 2.05) is 25.1 Å². The highest BCUT2D eigenvalue weighted by Crippen LogP contribution is 2.17. The Kier molecular flexibility index (Phi) is 4.04. The van der Waals surface area contributed by atoms with Gasteiger partial charge in [0.1, 0.15) is 0 Å². The van der Waals surface area contributed by atoms with Crippen LogP contribution in [0.25, 0.3) is 0 Å². The van der Waals surface area contributed by atoms with Crippen LogP contribution in [0.5, 0.6) is 0 Å². The minimum Gasteiger partial charge on any atom is -0.297 e. The van der Waals surface area contributed by atoms with Gasteiger partial charge in [0, 0.05) is 29.7 Å². The summed E-state index contributed by atoms with van der Waals surface area (Å²) < 4.78 is 26.6. The molecule has 18 heavy (non-hydrogen) atoms. The largest absolute Gasteiger partial charge is 0.297 e. The number of aryl methyl sites for hydroxylation is 1. The van der Waals surface area contributed by atoms with Crippen LogP contribution in [-0.4, -0.2) is 16.9 Å². The van der Waals surface area contributed by atoms with Gasteiger partial charge in [0.2, 0.25) is 0 Å². The monoisotopic (exact) mass is 268 g/mol. The Morgan fingerprint density at radius 3 is 2.72 bits per heavy atom. The third kappa shape index (κ3) is 3.11. The highest BCUT2D eigenvalue weighted by atomic mass is 32.1. The van der Waals surface area contributed by atoms with E-state index in [9.17, 15) is 8.78 Å². The SMILES string of the molecule is Cc1ncc(CN(C)Cc2cccc(F)c2F)s1. The second kappa shape index (κ2) is 5.54. The van der Waals surface area contributed by atoms with Crippen molar-refractivity contribution in [1.29, 1.82) is 0 Å². The second-order valence-electron chi connectivity index (χ2n) is 4.23. The summed E-state index contributed by atoms with van der Waals surface area (Å²) in [6, 6.07) is 4.26. The van der Waals surface area contributed by atoms with Crippen LogP contribution in [0.4, 0.5) is 8.78 Å². The van der Waals surface area contributed by atoms with E-state index in [1.54, 1.807) is 17.4 Å². The van der Waals surface area contributed by atoms with E-state index in [-0.39, 0.29) is 0 Å². The molecule has 2 aromatic rings. The van der Waals surface area contributed by atoms with Gasteiger partial charge in [-0.15, -0.1) is 11.3 Å². The van der Waals surface area contributed by atoms with Gasteiger partial charge < -0.3 is 0 Å². The van der Waals surface area contributed by atoms with Gasteiger partial charge in [-0.3, -0.25) is 4.90 Å². The number of nitrogens with zero attached hydrogens (tertiary/aromatic N) is 2. The molecule has 0 aliphatic carbocycles. The number of halogens is 2. The molecule has 0 unspecified atom stereocenters. The van der Waals surface area contributed by atoms with Gasteiger partial charge >= 0.3 is 0 Å². The first-order valence-electron chi connectivity index (χ1n) is 5.59. The van der Waals surface area contributed by atoms with E-state index in [4.69, 9.17) is 0 Å². The predicted molar refractivity (Wildman–Crippen MR) is 68.4 cm³/mol. The van der Waals surface area contributed by atoms with Crippen molar-refractivity contribution in [2.45, 2.75) is 20.0 Å². The Morgan fingerprint density at radius 2 is 2.06 bits per heavy atom. The Hall–Kier alpha value is -1.33. The maximum absolute atomic E-state index is 13.5. The van der Waals surface area contributed by atoms with E-state index in [0.717, 1.165) is 16.0 Å². The lowest BCUT2D eigenvalue weighted by atomic mass is 10.2.